The second-order valence-electron chi connectivity index (χ2n) is 2.69. The van der Waals surface area contributed by atoms with E-state index in [9.17, 15) is 0 Å². The van der Waals surface area contributed by atoms with Crippen molar-refractivity contribution in [1.82, 2.24) is 0 Å². The standard InChI is InChI=1S/C9H10BrClN2/c1-5(12)7-3-6(10)4-8(11)9(7)13-2/h3-4,12-13H,1-2H3. The van der Waals surface area contributed by atoms with E-state index in [0.717, 1.165) is 15.7 Å². The number of benzene rings is 1. The topological polar surface area (TPSA) is 35.9 Å². The number of nitrogens with one attached hydrogen (secondary N) is 2. The van der Waals surface area contributed by atoms with E-state index in [1.54, 1.807) is 20.0 Å². The molecule has 0 aliphatic carbocycles. The number of hydrogen-bond donors (Lipinski definition) is 2. The summed E-state index contributed by atoms with van der Waals surface area (Å²) in [5, 5.41) is 11.2. The summed E-state index contributed by atoms with van der Waals surface area (Å²) in [6, 6.07) is 3.68. The molecule has 0 aromatic heterocycles. The van der Waals surface area contributed by atoms with Crippen LogP contribution >= 0.6 is 27.5 Å². The normalized spacial score (nSPS) is 9.85. The Morgan fingerprint density at radius 1 is 1.54 bits per heavy atom. The number of anilines is 1. The molecule has 0 saturated heterocycles. The Morgan fingerprint density at radius 3 is 2.62 bits per heavy atom. The summed E-state index contributed by atoms with van der Waals surface area (Å²) in [5.41, 5.74) is 2.12. The molecule has 0 radical (unpaired) electrons. The highest BCUT2D eigenvalue weighted by Gasteiger charge is 2.08. The minimum atomic E-state index is 0.493. The van der Waals surface area contributed by atoms with Gasteiger partial charge < -0.3 is 10.7 Å². The molecule has 1 aromatic carbocycles. The van der Waals surface area contributed by atoms with E-state index in [2.05, 4.69) is 21.2 Å². The first-order valence-electron chi connectivity index (χ1n) is 3.78. The highest BCUT2D eigenvalue weighted by molar-refractivity contribution is 9.10. The van der Waals surface area contributed by atoms with E-state index in [0.29, 0.717) is 10.7 Å². The van der Waals surface area contributed by atoms with Crippen molar-refractivity contribution < 1.29 is 0 Å². The third-order valence-electron chi connectivity index (χ3n) is 1.71. The van der Waals surface area contributed by atoms with Crippen LogP contribution in [0.2, 0.25) is 5.02 Å². The van der Waals surface area contributed by atoms with Crippen molar-refractivity contribution in [2.45, 2.75) is 6.92 Å². The smallest absolute Gasteiger partial charge is 0.0655 e. The number of rotatable bonds is 2. The lowest BCUT2D eigenvalue weighted by Crippen LogP contribution is -2.00. The minimum Gasteiger partial charge on any atom is -0.386 e. The molecule has 1 aromatic rings. The molecule has 0 spiro atoms. The van der Waals surface area contributed by atoms with Gasteiger partial charge in [-0.25, -0.2) is 0 Å². The summed E-state index contributed by atoms with van der Waals surface area (Å²) < 4.78 is 0.887. The predicted octanol–water partition coefficient (Wildman–Crippen LogP) is 3.53. The molecule has 0 heterocycles. The average Bonchev–Trinajstić information content (AvgIpc) is 2.02. The van der Waals surface area contributed by atoms with E-state index >= 15 is 0 Å². The lowest BCUT2D eigenvalue weighted by atomic mass is 10.1. The molecule has 2 nitrogen and oxygen atoms in total. The average molecular weight is 262 g/mol. The van der Waals surface area contributed by atoms with Gasteiger partial charge in [-0.2, -0.15) is 0 Å². The first kappa shape index (κ1) is 10.5. The SMILES string of the molecule is CNc1c(Cl)cc(Br)cc1C(C)=N. The van der Waals surface area contributed by atoms with Crippen LogP contribution in [0.25, 0.3) is 0 Å². The Kier molecular flexibility index (Phi) is 3.33. The van der Waals surface area contributed by atoms with Gasteiger partial charge in [0.1, 0.15) is 0 Å². The molecule has 4 heteroatoms. The van der Waals surface area contributed by atoms with Crippen molar-refractivity contribution in [3.8, 4) is 0 Å². The van der Waals surface area contributed by atoms with Crippen molar-refractivity contribution in [2.24, 2.45) is 0 Å². The molecule has 0 saturated carbocycles. The quantitative estimate of drug-likeness (QED) is 0.785. The van der Waals surface area contributed by atoms with Crippen LogP contribution in [-0.2, 0) is 0 Å². The summed E-state index contributed by atoms with van der Waals surface area (Å²) in [7, 11) is 1.79. The van der Waals surface area contributed by atoms with Crippen LogP contribution in [0.3, 0.4) is 0 Å². The Labute approximate surface area is 90.9 Å². The Hall–Kier alpha value is -0.540. The summed E-state index contributed by atoms with van der Waals surface area (Å²) in [5.74, 6) is 0. The molecule has 0 aliphatic rings. The van der Waals surface area contributed by atoms with Crippen molar-refractivity contribution in [2.75, 3.05) is 12.4 Å². The van der Waals surface area contributed by atoms with Crippen molar-refractivity contribution in [3.63, 3.8) is 0 Å². The summed E-state index contributed by atoms with van der Waals surface area (Å²) in [4.78, 5) is 0. The third kappa shape index (κ3) is 2.23. The maximum Gasteiger partial charge on any atom is 0.0655 e. The second-order valence-corrected chi connectivity index (χ2v) is 4.01. The summed E-state index contributed by atoms with van der Waals surface area (Å²) in [6.07, 6.45) is 0. The lowest BCUT2D eigenvalue weighted by Gasteiger charge is -2.10. The highest BCUT2D eigenvalue weighted by atomic mass is 79.9. The number of hydrogen-bond acceptors (Lipinski definition) is 2. The fourth-order valence-electron chi connectivity index (χ4n) is 1.12. The van der Waals surface area contributed by atoms with Crippen LogP contribution in [0.1, 0.15) is 12.5 Å². The van der Waals surface area contributed by atoms with E-state index in [1.807, 2.05) is 6.07 Å². The Balaban J connectivity index is 3.38. The van der Waals surface area contributed by atoms with Crippen LogP contribution in [0.15, 0.2) is 16.6 Å². The zero-order valence-electron chi connectivity index (χ0n) is 7.41. The van der Waals surface area contributed by atoms with Gasteiger partial charge in [-0.15, -0.1) is 0 Å². The monoisotopic (exact) mass is 260 g/mol. The van der Waals surface area contributed by atoms with Gasteiger partial charge in [0.05, 0.1) is 10.7 Å². The first-order valence-corrected chi connectivity index (χ1v) is 4.95. The predicted molar refractivity (Wildman–Crippen MR) is 61.2 cm³/mol. The van der Waals surface area contributed by atoms with E-state index in [1.165, 1.54) is 0 Å². The van der Waals surface area contributed by atoms with Crippen molar-refractivity contribution in [1.29, 1.82) is 5.41 Å². The fourth-order valence-corrected chi connectivity index (χ4v) is 2.03. The zero-order valence-corrected chi connectivity index (χ0v) is 9.75. The van der Waals surface area contributed by atoms with Gasteiger partial charge >= 0.3 is 0 Å². The zero-order chi connectivity index (χ0) is 10.0. The van der Waals surface area contributed by atoms with Gasteiger partial charge in [0, 0.05) is 22.8 Å². The largest absolute Gasteiger partial charge is 0.386 e. The molecule has 0 atom stereocenters. The summed E-state index contributed by atoms with van der Waals surface area (Å²) >= 11 is 9.33. The first-order chi connectivity index (χ1) is 6.06. The Bertz CT molecular complexity index is 350. The lowest BCUT2D eigenvalue weighted by molar-refractivity contribution is 1.42. The Morgan fingerprint density at radius 2 is 2.15 bits per heavy atom. The van der Waals surface area contributed by atoms with Crippen molar-refractivity contribution >= 4 is 38.9 Å². The third-order valence-corrected chi connectivity index (χ3v) is 2.46. The van der Waals surface area contributed by atoms with Gasteiger partial charge in [0.25, 0.3) is 0 Å². The maximum absolute atomic E-state index is 7.55. The summed E-state index contributed by atoms with van der Waals surface area (Å²) in [6.45, 7) is 1.74. The molecule has 1 rings (SSSR count). The maximum atomic E-state index is 7.55. The number of halogens is 2. The molecule has 70 valence electrons. The van der Waals surface area contributed by atoms with Crippen LogP contribution in [0, 0.1) is 5.41 Å². The van der Waals surface area contributed by atoms with E-state index in [4.69, 9.17) is 17.0 Å². The van der Waals surface area contributed by atoms with Gasteiger partial charge in [-0.3, -0.25) is 0 Å². The minimum absolute atomic E-state index is 0.493. The van der Waals surface area contributed by atoms with E-state index < -0.39 is 0 Å². The van der Waals surface area contributed by atoms with Crippen LogP contribution < -0.4 is 5.32 Å². The van der Waals surface area contributed by atoms with Crippen LogP contribution in [0.5, 0.6) is 0 Å². The van der Waals surface area contributed by atoms with E-state index in [-0.39, 0.29) is 0 Å². The van der Waals surface area contributed by atoms with Crippen LogP contribution in [0.4, 0.5) is 5.69 Å². The molecular formula is C9H10BrClN2. The van der Waals surface area contributed by atoms with Gasteiger partial charge in [0.15, 0.2) is 0 Å². The molecule has 0 fully saturated rings. The second kappa shape index (κ2) is 4.11. The molecule has 13 heavy (non-hydrogen) atoms. The van der Waals surface area contributed by atoms with Gasteiger partial charge in [-0.1, -0.05) is 27.5 Å². The molecule has 0 aliphatic heterocycles. The molecule has 0 bridgehead atoms. The van der Waals surface area contributed by atoms with Crippen molar-refractivity contribution in [3.05, 3.63) is 27.2 Å². The molecule has 0 amide bonds. The highest BCUT2D eigenvalue weighted by Crippen LogP contribution is 2.30. The molecule has 0 unspecified atom stereocenters. The fraction of sp³-hybridized carbons (Fsp3) is 0.222. The van der Waals surface area contributed by atoms with Gasteiger partial charge in [0.2, 0.25) is 0 Å². The molecule has 2 N–H and O–H groups in total. The van der Waals surface area contributed by atoms with Gasteiger partial charge in [-0.05, 0) is 19.1 Å². The molecular weight excluding hydrogens is 251 g/mol. The van der Waals surface area contributed by atoms with Crippen LogP contribution in [-0.4, -0.2) is 12.8 Å².